The molecule has 1 rings (SSSR count). The van der Waals surface area contributed by atoms with E-state index in [-0.39, 0.29) is 5.69 Å². The molecule has 2 nitrogen and oxygen atoms in total. The van der Waals surface area contributed by atoms with E-state index in [1.807, 2.05) is 0 Å². The molecule has 0 heterocycles. The Bertz CT molecular complexity index is 427. The number of anilines is 1. The Kier molecular flexibility index (Phi) is 4.79. The third-order valence-corrected chi connectivity index (χ3v) is 2.77. The van der Waals surface area contributed by atoms with Crippen LogP contribution in [0.5, 0.6) is 0 Å². The molecule has 0 radical (unpaired) electrons. The molecule has 1 atom stereocenters. The summed E-state index contributed by atoms with van der Waals surface area (Å²) in [7, 11) is 0. The van der Waals surface area contributed by atoms with Crippen LogP contribution >= 0.6 is 0 Å². The minimum atomic E-state index is -4.40. The Morgan fingerprint density at radius 1 is 1.21 bits per heavy atom. The van der Waals surface area contributed by atoms with Crippen molar-refractivity contribution in [2.24, 2.45) is 5.73 Å². The van der Waals surface area contributed by atoms with Gasteiger partial charge in [0.15, 0.2) is 0 Å². The monoisotopic (exact) mass is 278 g/mol. The molecule has 0 aliphatic heterocycles. The molecule has 19 heavy (non-hydrogen) atoms. The second-order valence-corrected chi connectivity index (χ2v) is 4.80. The predicted molar refractivity (Wildman–Crippen MR) is 67.5 cm³/mol. The van der Waals surface area contributed by atoms with Gasteiger partial charge in [-0.05, 0) is 32.4 Å². The number of rotatable bonds is 4. The van der Waals surface area contributed by atoms with Crippen molar-refractivity contribution in [1.29, 1.82) is 0 Å². The SMILES string of the molecule is CC(C)N(CC(F)(F)F)c1c(F)cccc1[C@@H](C)N. The maximum Gasteiger partial charge on any atom is 0.405 e. The average Bonchev–Trinajstić information content (AvgIpc) is 2.24. The topological polar surface area (TPSA) is 29.3 Å². The van der Waals surface area contributed by atoms with Gasteiger partial charge in [0.1, 0.15) is 12.4 Å². The number of hydrogen-bond donors (Lipinski definition) is 1. The van der Waals surface area contributed by atoms with E-state index < -0.39 is 30.6 Å². The predicted octanol–water partition coefficient (Wildman–Crippen LogP) is 3.62. The van der Waals surface area contributed by atoms with Crippen molar-refractivity contribution in [2.45, 2.75) is 39.0 Å². The maximum atomic E-state index is 13.9. The van der Waals surface area contributed by atoms with Crippen molar-refractivity contribution in [2.75, 3.05) is 11.4 Å². The van der Waals surface area contributed by atoms with Crippen LogP contribution in [-0.2, 0) is 0 Å². The molecule has 108 valence electrons. The minimum Gasteiger partial charge on any atom is -0.357 e. The average molecular weight is 278 g/mol. The summed E-state index contributed by atoms with van der Waals surface area (Å²) < 4.78 is 51.8. The highest BCUT2D eigenvalue weighted by atomic mass is 19.4. The second kappa shape index (κ2) is 5.77. The van der Waals surface area contributed by atoms with Crippen LogP contribution in [-0.4, -0.2) is 18.8 Å². The standard InChI is InChI=1S/C13H18F4N2/c1-8(2)19(7-13(15,16)17)12-10(9(3)18)5-4-6-11(12)14/h4-6,8-9H,7,18H2,1-3H3/t9-/m1/s1. The Hall–Kier alpha value is -1.30. The molecule has 1 aromatic carbocycles. The molecule has 0 amide bonds. The molecule has 0 aromatic heterocycles. The number of halogens is 4. The van der Waals surface area contributed by atoms with Crippen LogP contribution < -0.4 is 10.6 Å². The largest absolute Gasteiger partial charge is 0.405 e. The number of benzene rings is 1. The van der Waals surface area contributed by atoms with Crippen LogP contribution in [0, 0.1) is 5.82 Å². The van der Waals surface area contributed by atoms with Gasteiger partial charge in [-0.1, -0.05) is 12.1 Å². The van der Waals surface area contributed by atoms with Crippen molar-refractivity contribution in [1.82, 2.24) is 0 Å². The van der Waals surface area contributed by atoms with E-state index in [1.54, 1.807) is 26.8 Å². The second-order valence-electron chi connectivity index (χ2n) is 4.80. The zero-order valence-electron chi connectivity index (χ0n) is 11.1. The fraction of sp³-hybridized carbons (Fsp3) is 0.538. The number of hydrogen-bond acceptors (Lipinski definition) is 2. The Labute approximate surface area is 110 Å². The first kappa shape index (κ1) is 15.8. The lowest BCUT2D eigenvalue weighted by Crippen LogP contribution is -2.40. The van der Waals surface area contributed by atoms with Gasteiger partial charge in [0.05, 0.1) is 5.69 Å². The molecule has 0 bridgehead atoms. The van der Waals surface area contributed by atoms with Gasteiger partial charge in [-0.3, -0.25) is 0 Å². The zero-order valence-corrected chi connectivity index (χ0v) is 11.1. The Balaban J connectivity index is 3.30. The van der Waals surface area contributed by atoms with E-state index in [2.05, 4.69) is 0 Å². The van der Waals surface area contributed by atoms with Crippen molar-refractivity contribution in [3.05, 3.63) is 29.6 Å². The molecule has 0 aliphatic carbocycles. The Morgan fingerprint density at radius 3 is 2.21 bits per heavy atom. The van der Waals surface area contributed by atoms with E-state index in [1.165, 1.54) is 6.07 Å². The van der Waals surface area contributed by atoms with Crippen LogP contribution in [0.4, 0.5) is 23.2 Å². The lowest BCUT2D eigenvalue weighted by Gasteiger charge is -2.32. The van der Waals surface area contributed by atoms with Gasteiger partial charge < -0.3 is 10.6 Å². The summed E-state index contributed by atoms with van der Waals surface area (Å²) in [6, 6.07) is 3.11. The summed E-state index contributed by atoms with van der Waals surface area (Å²) in [6.45, 7) is 3.59. The highest BCUT2D eigenvalue weighted by Gasteiger charge is 2.34. The molecule has 0 unspecified atom stereocenters. The molecular weight excluding hydrogens is 260 g/mol. The third-order valence-electron chi connectivity index (χ3n) is 2.77. The van der Waals surface area contributed by atoms with Crippen LogP contribution in [0.25, 0.3) is 0 Å². The van der Waals surface area contributed by atoms with E-state index in [0.29, 0.717) is 5.56 Å². The highest BCUT2D eigenvalue weighted by molar-refractivity contribution is 5.57. The van der Waals surface area contributed by atoms with Crippen LogP contribution in [0.2, 0.25) is 0 Å². The maximum absolute atomic E-state index is 13.9. The molecule has 6 heteroatoms. The van der Waals surface area contributed by atoms with E-state index in [4.69, 9.17) is 5.73 Å². The van der Waals surface area contributed by atoms with Crippen molar-refractivity contribution in [3.8, 4) is 0 Å². The summed E-state index contributed by atoms with van der Waals surface area (Å²) in [5.41, 5.74) is 6.02. The molecular formula is C13H18F4N2. The van der Waals surface area contributed by atoms with Gasteiger partial charge in [0, 0.05) is 12.1 Å². The number of nitrogens with two attached hydrogens (primary N) is 1. The highest BCUT2D eigenvalue weighted by Crippen LogP contribution is 2.32. The summed E-state index contributed by atoms with van der Waals surface area (Å²) >= 11 is 0. The summed E-state index contributed by atoms with van der Waals surface area (Å²) in [4.78, 5) is 0.994. The van der Waals surface area contributed by atoms with Gasteiger partial charge in [0.2, 0.25) is 0 Å². The first-order valence-electron chi connectivity index (χ1n) is 6.01. The number of para-hydroxylation sites is 1. The lowest BCUT2D eigenvalue weighted by atomic mass is 10.0. The van der Waals surface area contributed by atoms with Crippen molar-refractivity contribution < 1.29 is 17.6 Å². The number of alkyl halides is 3. The summed E-state index contributed by atoms with van der Waals surface area (Å²) in [6.07, 6.45) is -4.40. The molecule has 0 aliphatic rings. The summed E-state index contributed by atoms with van der Waals surface area (Å²) in [5, 5.41) is 0. The third kappa shape index (κ3) is 4.09. The fourth-order valence-corrected chi connectivity index (χ4v) is 1.92. The van der Waals surface area contributed by atoms with Gasteiger partial charge in [-0.25, -0.2) is 4.39 Å². The molecule has 0 saturated carbocycles. The van der Waals surface area contributed by atoms with Gasteiger partial charge in [-0.15, -0.1) is 0 Å². The normalized spacial score (nSPS) is 13.7. The van der Waals surface area contributed by atoms with Gasteiger partial charge >= 0.3 is 6.18 Å². The van der Waals surface area contributed by atoms with E-state index >= 15 is 0 Å². The quantitative estimate of drug-likeness (QED) is 0.852. The van der Waals surface area contributed by atoms with Crippen LogP contribution in [0.15, 0.2) is 18.2 Å². The van der Waals surface area contributed by atoms with Crippen LogP contribution in [0.1, 0.15) is 32.4 Å². The van der Waals surface area contributed by atoms with Crippen molar-refractivity contribution >= 4 is 5.69 Å². The number of nitrogens with zero attached hydrogens (tertiary/aromatic N) is 1. The first-order chi connectivity index (χ1) is 8.63. The van der Waals surface area contributed by atoms with Gasteiger partial charge in [0.25, 0.3) is 0 Å². The molecule has 0 fully saturated rings. The van der Waals surface area contributed by atoms with Crippen LogP contribution in [0.3, 0.4) is 0 Å². The van der Waals surface area contributed by atoms with Crippen molar-refractivity contribution in [3.63, 3.8) is 0 Å². The first-order valence-corrected chi connectivity index (χ1v) is 6.01. The minimum absolute atomic E-state index is 0.0650. The fourth-order valence-electron chi connectivity index (χ4n) is 1.92. The summed E-state index contributed by atoms with van der Waals surface area (Å²) in [5.74, 6) is -0.687. The molecule has 0 saturated heterocycles. The Morgan fingerprint density at radius 2 is 1.79 bits per heavy atom. The smallest absolute Gasteiger partial charge is 0.357 e. The van der Waals surface area contributed by atoms with Gasteiger partial charge in [-0.2, -0.15) is 13.2 Å². The zero-order chi connectivity index (χ0) is 14.8. The van der Waals surface area contributed by atoms with E-state index in [9.17, 15) is 17.6 Å². The molecule has 2 N–H and O–H groups in total. The van der Waals surface area contributed by atoms with E-state index in [0.717, 1.165) is 11.0 Å². The molecule has 1 aromatic rings. The lowest BCUT2D eigenvalue weighted by molar-refractivity contribution is -0.120. The molecule has 0 spiro atoms.